The number of benzene rings is 1. The first kappa shape index (κ1) is 18.9. The van der Waals surface area contributed by atoms with Crippen LogP contribution in [0.4, 0.5) is 0 Å². The zero-order valence-electron chi connectivity index (χ0n) is 15.9. The van der Waals surface area contributed by atoms with Crippen molar-refractivity contribution in [3.05, 3.63) is 42.2 Å². The van der Waals surface area contributed by atoms with Crippen molar-refractivity contribution >= 4 is 11.9 Å². The molecule has 1 aromatic carbocycles. The third kappa shape index (κ3) is 4.13. The minimum absolute atomic E-state index is 0.0499. The highest BCUT2D eigenvalue weighted by molar-refractivity contribution is 5.92. The number of hydrogen-bond donors (Lipinski definition) is 0. The molecule has 2 heterocycles. The molecule has 144 valence electrons. The Morgan fingerprint density at radius 1 is 1.15 bits per heavy atom. The minimum atomic E-state index is -0.674. The summed E-state index contributed by atoms with van der Waals surface area (Å²) >= 11 is 0. The van der Waals surface area contributed by atoms with Gasteiger partial charge in [0.05, 0.1) is 19.0 Å². The Bertz CT molecular complexity index is 793. The largest absolute Gasteiger partial charge is 0.493 e. The molecule has 1 fully saturated rings. The van der Waals surface area contributed by atoms with E-state index in [1.54, 1.807) is 10.9 Å². The molecule has 0 N–H and O–H groups in total. The van der Waals surface area contributed by atoms with Crippen LogP contribution in [0.25, 0.3) is 5.69 Å². The van der Waals surface area contributed by atoms with E-state index in [2.05, 4.69) is 5.10 Å². The van der Waals surface area contributed by atoms with Gasteiger partial charge < -0.3 is 14.4 Å². The van der Waals surface area contributed by atoms with Gasteiger partial charge in [-0.1, -0.05) is 18.2 Å². The van der Waals surface area contributed by atoms with Crippen molar-refractivity contribution in [2.75, 3.05) is 13.7 Å². The number of aromatic nitrogens is 2. The second-order valence-electron chi connectivity index (χ2n) is 6.83. The van der Waals surface area contributed by atoms with Gasteiger partial charge in [-0.3, -0.25) is 4.79 Å². The summed E-state index contributed by atoms with van der Waals surface area (Å²) in [6, 6.07) is 9.70. The number of hydrogen-bond acceptors (Lipinski definition) is 5. The van der Waals surface area contributed by atoms with E-state index in [1.165, 1.54) is 7.11 Å². The molecule has 0 radical (unpaired) electrons. The molecule has 7 heteroatoms. The highest BCUT2D eigenvalue weighted by Gasteiger charge is 2.30. The van der Waals surface area contributed by atoms with E-state index < -0.39 is 5.97 Å². The average molecular weight is 371 g/mol. The van der Waals surface area contributed by atoms with Crippen molar-refractivity contribution < 1.29 is 19.1 Å². The van der Waals surface area contributed by atoms with Gasteiger partial charge >= 0.3 is 5.97 Å². The Labute approximate surface area is 158 Å². The van der Waals surface area contributed by atoms with Crippen LogP contribution < -0.4 is 4.74 Å². The Hall–Kier alpha value is -2.83. The summed E-state index contributed by atoms with van der Waals surface area (Å²) in [4.78, 5) is 26.8. The predicted molar refractivity (Wildman–Crippen MR) is 100 cm³/mol. The van der Waals surface area contributed by atoms with Gasteiger partial charge in [0.1, 0.15) is 0 Å². The van der Waals surface area contributed by atoms with Crippen LogP contribution in [0.15, 0.2) is 36.5 Å². The first-order valence-electron chi connectivity index (χ1n) is 9.18. The molecule has 27 heavy (non-hydrogen) atoms. The number of methoxy groups -OCH3 is 1. The summed E-state index contributed by atoms with van der Waals surface area (Å²) < 4.78 is 12.0. The van der Waals surface area contributed by atoms with E-state index in [9.17, 15) is 9.59 Å². The van der Waals surface area contributed by atoms with Crippen molar-refractivity contribution in [2.24, 2.45) is 0 Å². The Morgan fingerprint density at radius 2 is 1.81 bits per heavy atom. The lowest BCUT2D eigenvalue weighted by atomic mass is 9.97. The molecule has 0 unspecified atom stereocenters. The maximum atomic E-state index is 12.5. The van der Waals surface area contributed by atoms with Crippen molar-refractivity contribution in [3.8, 4) is 11.4 Å². The number of likely N-dealkylation sites (tertiary alicyclic amines) is 1. The molecule has 1 aromatic heterocycles. The number of esters is 1. The lowest BCUT2D eigenvalue weighted by Gasteiger charge is -2.38. The van der Waals surface area contributed by atoms with Crippen LogP contribution in [0.3, 0.4) is 0 Å². The summed E-state index contributed by atoms with van der Waals surface area (Å²) in [5.41, 5.74) is 0.843. The molecule has 7 nitrogen and oxygen atoms in total. The molecular formula is C20H25N3O4. The van der Waals surface area contributed by atoms with Gasteiger partial charge in [0.15, 0.2) is 12.4 Å². The molecule has 0 spiro atoms. The maximum absolute atomic E-state index is 12.5. The van der Waals surface area contributed by atoms with Crippen LogP contribution in [0.1, 0.15) is 43.6 Å². The van der Waals surface area contributed by atoms with Crippen molar-refractivity contribution in [1.82, 2.24) is 14.7 Å². The zero-order valence-corrected chi connectivity index (χ0v) is 15.9. The van der Waals surface area contributed by atoms with Crippen molar-refractivity contribution in [1.29, 1.82) is 0 Å². The van der Waals surface area contributed by atoms with E-state index in [-0.39, 0.29) is 30.3 Å². The summed E-state index contributed by atoms with van der Waals surface area (Å²) in [6.07, 6.45) is 4.67. The van der Waals surface area contributed by atoms with E-state index in [0.29, 0.717) is 5.75 Å². The fourth-order valence-corrected chi connectivity index (χ4v) is 3.54. The summed E-state index contributed by atoms with van der Waals surface area (Å²) in [5.74, 6) is -0.548. The molecule has 1 amide bonds. The summed E-state index contributed by atoms with van der Waals surface area (Å²) in [5, 5.41) is 4.26. The van der Waals surface area contributed by atoms with Crippen LogP contribution >= 0.6 is 0 Å². The second-order valence-corrected chi connectivity index (χ2v) is 6.83. The average Bonchev–Trinajstić information content (AvgIpc) is 3.11. The van der Waals surface area contributed by atoms with E-state index >= 15 is 0 Å². The standard InChI is InChI=1S/C20H25N3O4/c1-14-8-7-9-15(2)23(14)18(24)13-27-20(25)19-17(26-3)12-22(21-19)16-10-5-4-6-11-16/h4-6,10-12,14-15H,7-9,13H2,1-3H3/t14-,15-/m0/s1. The van der Waals surface area contributed by atoms with Gasteiger partial charge in [0, 0.05) is 12.1 Å². The molecule has 3 rings (SSSR count). The minimum Gasteiger partial charge on any atom is -0.493 e. The highest BCUT2D eigenvalue weighted by Crippen LogP contribution is 2.23. The molecular weight excluding hydrogens is 346 g/mol. The van der Waals surface area contributed by atoms with Crippen LogP contribution in [-0.2, 0) is 9.53 Å². The monoisotopic (exact) mass is 371 g/mol. The fraction of sp³-hybridized carbons (Fsp3) is 0.450. The molecule has 2 atom stereocenters. The molecule has 2 aromatic rings. The lowest BCUT2D eigenvalue weighted by molar-refractivity contribution is -0.140. The number of amides is 1. The van der Waals surface area contributed by atoms with Crippen LogP contribution in [0.2, 0.25) is 0 Å². The summed E-state index contributed by atoms with van der Waals surface area (Å²) in [6.45, 7) is 3.76. The van der Waals surface area contributed by atoms with Gasteiger partial charge in [0.25, 0.3) is 5.91 Å². The summed E-state index contributed by atoms with van der Waals surface area (Å²) in [7, 11) is 1.46. The fourth-order valence-electron chi connectivity index (χ4n) is 3.54. The molecule has 0 aliphatic carbocycles. The number of para-hydroxylation sites is 1. The number of carbonyl (C=O) groups excluding carboxylic acids is 2. The quantitative estimate of drug-likeness (QED) is 0.756. The van der Waals surface area contributed by atoms with E-state index in [1.807, 2.05) is 49.1 Å². The molecule has 1 aliphatic heterocycles. The first-order valence-corrected chi connectivity index (χ1v) is 9.18. The van der Waals surface area contributed by atoms with Gasteiger partial charge in [-0.15, -0.1) is 0 Å². The van der Waals surface area contributed by atoms with Crippen LogP contribution in [-0.4, -0.2) is 52.4 Å². The SMILES string of the molecule is COc1cn(-c2ccccc2)nc1C(=O)OCC(=O)N1[C@@H](C)CCC[C@@H]1C. The van der Waals surface area contributed by atoms with Crippen LogP contribution in [0, 0.1) is 0 Å². The topological polar surface area (TPSA) is 73.7 Å². The number of rotatable bonds is 5. The van der Waals surface area contributed by atoms with Crippen LogP contribution in [0.5, 0.6) is 5.75 Å². The van der Waals surface area contributed by atoms with Gasteiger partial charge in [-0.25, -0.2) is 9.48 Å². The lowest BCUT2D eigenvalue weighted by Crippen LogP contribution is -2.49. The molecule has 1 aliphatic rings. The highest BCUT2D eigenvalue weighted by atomic mass is 16.5. The van der Waals surface area contributed by atoms with Crippen molar-refractivity contribution in [3.63, 3.8) is 0 Å². The Balaban J connectivity index is 1.69. The first-order chi connectivity index (χ1) is 13.0. The normalized spacial score (nSPS) is 19.6. The number of ether oxygens (including phenoxy) is 2. The number of piperidine rings is 1. The Kier molecular flexibility index (Phi) is 5.78. The number of nitrogens with zero attached hydrogens (tertiary/aromatic N) is 3. The maximum Gasteiger partial charge on any atom is 0.363 e. The third-order valence-corrected chi connectivity index (χ3v) is 4.92. The zero-order chi connectivity index (χ0) is 19.4. The van der Waals surface area contributed by atoms with Gasteiger partial charge in [-0.2, -0.15) is 5.10 Å². The smallest absolute Gasteiger partial charge is 0.363 e. The predicted octanol–water partition coefficient (Wildman–Crippen LogP) is 2.83. The van der Waals surface area contributed by atoms with E-state index in [0.717, 1.165) is 24.9 Å². The third-order valence-electron chi connectivity index (χ3n) is 4.92. The molecule has 0 bridgehead atoms. The van der Waals surface area contributed by atoms with E-state index in [4.69, 9.17) is 9.47 Å². The van der Waals surface area contributed by atoms with Gasteiger partial charge in [0.2, 0.25) is 5.69 Å². The molecule has 1 saturated heterocycles. The van der Waals surface area contributed by atoms with Gasteiger partial charge in [-0.05, 0) is 45.2 Å². The Morgan fingerprint density at radius 3 is 2.44 bits per heavy atom. The number of carbonyl (C=O) groups is 2. The van der Waals surface area contributed by atoms with Crippen molar-refractivity contribution in [2.45, 2.75) is 45.2 Å². The molecule has 0 saturated carbocycles. The second kappa shape index (κ2) is 8.24.